The molecule has 18 heavy (non-hydrogen) atoms. The first kappa shape index (κ1) is 11.3. The molecule has 0 bridgehead atoms. The van der Waals surface area contributed by atoms with Gasteiger partial charge in [0.1, 0.15) is 0 Å². The number of carbonyl (C=O) groups is 1. The monoisotopic (exact) mass is 261 g/mol. The molecule has 0 saturated heterocycles. The Kier molecular flexibility index (Phi) is 2.59. The number of rotatable bonds is 1. The Bertz CT molecular complexity index is 620. The topological polar surface area (TPSA) is 38.1 Å². The van der Waals surface area contributed by atoms with Gasteiger partial charge in [-0.2, -0.15) is 5.10 Å². The summed E-state index contributed by atoms with van der Waals surface area (Å²) in [4.78, 5) is 14.1. The molecule has 1 aromatic carbocycles. The highest BCUT2D eigenvalue weighted by molar-refractivity contribution is 6.34. The number of amides is 1. The van der Waals surface area contributed by atoms with Crippen LogP contribution in [0.5, 0.6) is 0 Å². The normalized spacial score (nSPS) is 13.8. The van der Waals surface area contributed by atoms with Gasteiger partial charge in [0.2, 0.25) is 0 Å². The lowest BCUT2D eigenvalue weighted by atomic mass is 10.2. The number of para-hydroxylation sites is 1. The van der Waals surface area contributed by atoms with E-state index >= 15 is 0 Å². The molecule has 4 nitrogen and oxygen atoms in total. The summed E-state index contributed by atoms with van der Waals surface area (Å²) < 4.78 is 1.55. The fourth-order valence-electron chi connectivity index (χ4n) is 2.28. The van der Waals surface area contributed by atoms with Gasteiger partial charge in [-0.05, 0) is 18.1 Å². The highest BCUT2D eigenvalue weighted by Crippen LogP contribution is 2.29. The molecule has 0 fully saturated rings. The molecular weight excluding hydrogens is 250 g/mol. The van der Waals surface area contributed by atoms with Gasteiger partial charge in [0.15, 0.2) is 5.69 Å². The molecule has 3 rings (SSSR count). The maximum absolute atomic E-state index is 12.4. The molecule has 0 radical (unpaired) electrons. The van der Waals surface area contributed by atoms with E-state index < -0.39 is 0 Å². The molecule has 1 aromatic heterocycles. The molecule has 1 amide bonds. The maximum Gasteiger partial charge on any atom is 0.280 e. The van der Waals surface area contributed by atoms with Crippen LogP contribution in [-0.4, -0.2) is 22.2 Å². The first-order valence-corrected chi connectivity index (χ1v) is 6.13. The van der Waals surface area contributed by atoms with Gasteiger partial charge in [0.05, 0.1) is 5.02 Å². The standard InChI is InChI=1S/C13H12ClN3O/c1-16-8-10(14)12(15-16)13(18)17-7-6-9-4-2-3-5-11(9)17/h2-5,8H,6-7H2,1H3. The summed E-state index contributed by atoms with van der Waals surface area (Å²) >= 11 is 6.01. The largest absolute Gasteiger partial charge is 0.306 e. The second kappa shape index (κ2) is 4.14. The third kappa shape index (κ3) is 1.69. The molecule has 0 saturated carbocycles. The summed E-state index contributed by atoms with van der Waals surface area (Å²) in [5.74, 6) is -0.134. The van der Waals surface area contributed by atoms with Crippen molar-refractivity contribution in [3.8, 4) is 0 Å². The van der Waals surface area contributed by atoms with Crippen molar-refractivity contribution in [1.29, 1.82) is 0 Å². The minimum Gasteiger partial charge on any atom is -0.306 e. The molecular formula is C13H12ClN3O. The van der Waals surface area contributed by atoms with Gasteiger partial charge in [0, 0.05) is 25.5 Å². The molecule has 0 N–H and O–H groups in total. The molecule has 92 valence electrons. The van der Waals surface area contributed by atoms with Crippen molar-refractivity contribution in [2.45, 2.75) is 6.42 Å². The van der Waals surface area contributed by atoms with Crippen LogP contribution in [0.4, 0.5) is 5.69 Å². The molecule has 2 aromatic rings. The number of aryl methyl sites for hydroxylation is 1. The fraction of sp³-hybridized carbons (Fsp3) is 0.231. The zero-order chi connectivity index (χ0) is 12.7. The first-order chi connectivity index (χ1) is 8.66. The smallest absolute Gasteiger partial charge is 0.280 e. The summed E-state index contributed by atoms with van der Waals surface area (Å²) in [5, 5.41) is 4.52. The third-order valence-corrected chi connectivity index (χ3v) is 3.40. The zero-order valence-electron chi connectivity index (χ0n) is 9.93. The number of nitrogens with zero attached hydrogens (tertiary/aromatic N) is 3. The van der Waals surface area contributed by atoms with Crippen LogP contribution in [-0.2, 0) is 13.5 Å². The Labute approximate surface area is 110 Å². The number of fused-ring (bicyclic) bond motifs is 1. The van der Waals surface area contributed by atoms with Crippen molar-refractivity contribution < 1.29 is 4.79 Å². The summed E-state index contributed by atoms with van der Waals surface area (Å²) in [6.45, 7) is 0.686. The Balaban J connectivity index is 1.98. The molecule has 0 spiro atoms. The molecule has 0 unspecified atom stereocenters. The fourth-order valence-corrected chi connectivity index (χ4v) is 2.54. The van der Waals surface area contributed by atoms with Crippen molar-refractivity contribution in [2.24, 2.45) is 7.05 Å². The minimum atomic E-state index is -0.134. The lowest BCUT2D eigenvalue weighted by Crippen LogP contribution is -2.29. The van der Waals surface area contributed by atoms with Crippen LogP contribution in [0.15, 0.2) is 30.5 Å². The Hall–Kier alpha value is -1.81. The van der Waals surface area contributed by atoms with E-state index in [-0.39, 0.29) is 5.91 Å². The Morgan fingerprint density at radius 2 is 2.17 bits per heavy atom. The summed E-state index contributed by atoms with van der Waals surface area (Å²) in [6.07, 6.45) is 2.52. The number of anilines is 1. The zero-order valence-corrected chi connectivity index (χ0v) is 10.7. The number of benzene rings is 1. The van der Waals surface area contributed by atoms with E-state index in [4.69, 9.17) is 11.6 Å². The summed E-state index contributed by atoms with van der Waals surface area (Å²) in [5.41, 5.74) is 2.47. The second-order valence-electron chi connectivity index (χ2n) is 4.33. The highest BCUT2D eigenvalue weighted by Gasteiger charge is 2.28. The van der Waals surface area contributed by atoms with Gasteiger partial charge < -0.3 is 4.90 Å². The van der Waals surface area contributed by atoms with E-state index in [1.165, 1.54) is 5.56 Å². The predicted octanol–water partition coefficient (Wildman–Crippen LogP) is 2.28. The van der Waals surface area contributed by atoms with Crippen molar-refractivity contribution >= 4 is 23.2 Å². The average molecular weight is 262 g/mol. The van der Waals surface area contributed by atoms with Crippen molar-refractivity contribution in [1.82, 2.24) is 9.78 Å². The van der Waals surface area contributed by atoms with E-state index in [1.54, 1.807) is 22.8 Å². The van der Waals surface area contributed by atoms with Crippen LogP contribution in [0.1, 0.15) is 16.1 Å². The maximum atomic E-state index is 12.4. The number of aromatic nitrogens is 2. The van der Waals surface area contributed by atoms with Crippen molar-refractivity contribution in [3.05, 3.63) is 46.7 Å². The van der Waals surface area contributed by atoms with Gasteiger partial charge in [-0.3, -0.25) is 9.48 Å². The first-order valence-electron chi connectivity index (χ1n) is 5.76. The highest BCUT2D eigenvalue weighted by atomic mass is 35.5. The summed E-state index contributed by atoms with van der Waals surface area (Å²) in [6, 6.07) is 7.92. The lowest BCUT2D eigenvalue weighted by molar-refractivity contribution is 0.0984. The third-order valence-electron chi connectivity index (χ3n) is 3.12. The molecule has 0 aliphatic carbocycles. The van der Waals surface area contributed by atoms with E-state index in [2.05, 4.69) is 5.10 Å². The number of halogens is 1. The molecule has 2 heterocycles. The van der Waals surface area contributed by atoms with E-state index in [1.807, 2.05) is 24.3 Å². The second-order valence-corrected chi connectivity index (χ2v) is 4.74. The van der Waals surface area contributed by atoms with Crippen LogP contribution in [0.25, 0.3) is 0 Å². The Morgan fingerprint density at radius 1 is 1.39 bits per heavy atom. The number of carbonyl (C=O) groups excluding carboxylic acids is 1. The quantitative estimate of drug-likeness (QED) is 0.790. The molecule has 0 atom stereocenters. The van der Waals surface area contributed by atoms with Crippen molar-refractivity contribution in [3.63, 3.8) is 0 Å². The molecule has 1 aliphatic heterocycles. The van der Waals surface area contributed by atoms with Gasteiger partial charge >= 0.3 is 0 Å². The van der Waals surface area contributed by atoms with Crippen LogP contribution in [0.3, 0.4) is 0 Å². The minimum absolute atomic E-state index is 0.134. The van der Waals surface area contributed by atoms with E-state index in [0.29, 0.717) is 17.3 Å². The van der Waals surface area contributed by atoms with Crippen LogP contribution in [0, 0.1) is 0 Å². The van der Waals surface area contributed by atoms with Gasteiger partial charge in [-0.25, -0.2) is 0 Å². The van der Waals surface area contributed by atoms with E-state index in [0.717, 1.165) is 12.1 Å². The average Bonchev–Trinajstić information content (AvgIpc) is 2.92. The predicted molar refractivity (Wildman–Crippen MR) is 70.0 cm³/mol. The Morgan fingerprint density at radius 3 is 2.89 bits per heavy atom. The number of hydrogen-bond donors (Lipinski definition) is 0. The number of hydrogen-bond acceptors (Lipinski definition) is 2. The SMILES string of the molecule is Cn1cc(Cl)c(C(=O)N2CCc3ccccc32)n1. The van der Waals surface area contributed by atoms with Crippen LogP contribution >= 0.6 is 11.6 Å². The van der Waals surface area contributed by atoms with Crippen molar-refractivity contribution in [2.75, 3.05) is 11.4 Å². The molecule has 5 heteroatoms. The summed E-state index contributed by atoms with van der Waals surface area (Å²) in [7, 11) is 1.75. The van der Waals surface area contributed by atoms with Gasteiger partial charge in [-0.1, -0.05) is 29.8 Å². The molecule has 1 aliphatic rings. The van der Waals surface area contributed by atoms with Crippen LogP contribution < -0.4 is 4.90 Å². The lowest BCUT2D eigenvalue weighted by Gasteiger charge is -2.15. The van der Waals surface area contributed by atoms with E-state index in [9.17, 15) is 4.79 Å². The van der Waals surface area contributed by atoms with Gasteiger partial charge in [0.25, 0.3) is 5.91 Å². The van der Waals surface area contributed by atoms with Gasteiger partial charge in [-0.15, -0.1) is 0 Å². The van der Waals surface area contributed by atoms with Crippen LogP contribution in [0.2, 0.25) is 5.02 Å².